The summed E-state index contributed by atoms with van der Waals surface area (Å²) < 4.78 is 0. The number of hydrogen-bond acceptors (Lipinski definition) is 2. The molecule has 0 aromatic carbocycles. The number of rotatable bonds is 4. The van der Waals surface area contributed by atoms with Gasteiger partial charge in [-0.25, -0.2) is 0 Å². The molecule has 0 rings (SSSR count). The van der Waals surface area contributed by atoms with Gasteiger partial charge in [-0.05, 0) is 6.42 Å². The summed E-state index contributed by atoms with van der Waals surface area (Å²) in [6.45, 7) is 3.16. The number of hydrogen-bond donors (Lipinski definition) is 0. The molecule has 0 N–H and O–H groups in total. The first kappa shape index (κ1) is 9.63. The lowest BCUT2D eigenvalue weighted by Gasteiger charge is -2.01. The Kier molecular flexibility index (Phi) is 4.28. The second kappa shape index (κ2) is 4.45. The third-order valence-electron chi connectivity index (χ3n) is 1.17. The molecule has 10 heavy (non-hydrogen) atoms. The van der Waals surface area contributed by atoms with E-state index in [1.807, 2.05) is 6.92 Å². The molecule has 0 spiro atoms. The molecule has 0 bridgehead atoms. The van der Waals surface area contributed by atoms with E-state index in [-0.39, 0.29) is 0 Å². The molecule has 0 heterocycles. The lowest BCUT2D eigenvalue weighted by molar-refractivity contribution is -0.135. The van der Waals surface area contributed by atoms with Crippen LogP contribution in [-0.4, -0.2) is 16.9 Å². The third kappa shape index (κ3) is 2.97. The van der Waals surface area contributed by atoms with Crippen LogP contribution in [-0.2, 0) is 9.59 Å². The maximum Gasteiger partial charge on any atom is 0.215 e. The Morgan fingerprint density at radius 2 is 2.00 bits per heavy atom. The molecule has 0 aliphatic carbocycles. The van der Waals surface area contributed by atoms with Crippen LogP contribution in [0.15, 0.2) is 0 Å². The summed E-state index contributed by atoms with van der Waals surface area (Å²) in [6.07, 6.45) is 1.41. The Balaban J connectivity index is 3.82. The van der Waals surface area contributed by atoms with Crippen molar-refractivity contribution in [3.8, 4) is 0 Å². The molecule has 0 aliphatic rings. The van der Waals surface area contributed by atoms with E-state index in [4.69, 9.17) is 11.6 Å². The van der Waals surface area contributed by atoms with Gasteiger partial charge in [-0.3, -0.25) is 9.59 Å². The van der Waals surface area contributed by atoms with Crippen molar-refractivity contribution in [1.29, 1.82) is 0 Å². The van der Waals surface area contributed by atoms with Crippen molar-refractivity contribution in [2.75, 3.05) is 0 Å². The van der Waals surface area contributed by atoms with E-state index in [1.54, 1.807) is 0 Å². The van der Waals surface area contributed by atoms with Gasteiger partial charge in [-0.1, -0.05) is 13.3 Å². The van der Waals surface area contributed by atoms with Crippen LogP contribution in [0.1, 0.15) is 26.7 Å². The van der Waals surface area contributed by atoms with Gasteiger partial charge in [0.2, 0.25) is 5.78 Å². The number of carbonyl (C=O) groups is 2. The lowest BCUT2D eigenvalue weighted by Crippen LogP contribution is -2.21. The van der Waals surface area contributed by atoms with Crippen molar-refractivity contribution in [2.45, 2.75) is 32.1 Å². The predicted octanol–water partition coefficient (Wildman–Crippen LogP) is 1.55. The molecule has 0 fully saturated rings. The average Bonchev–Trinajstić information content (AvgIpc) is 1.87. The highest BCUT2D eigenvalue weighted by Gasteiger charge is 2.17. The summed E-state index contributed by atoms with van der Waals surface area (Å²) in [6, 6.07) is 0. The van der Waals surface area contributed by atoms with Crippen LogP contribution in [0.3, 0.4) is 0 Å². The topological polar surface area (TPSA) is 34.1 Å². The predicted molar refractivity (Wildman–Crippen MR) is 40.2 cm³/mol. The minimum atomic E-state index is -0.609. The second-order valence-corrected chi connectivity index (χ2v) is 2.70. The van der Waals surface area contributed by atoms with Gasteiger partial charge in [0, 0.05) is 6.92 Å². The van der Waals surface area contributed by atoms with E-state index < -0.39 is 16.9 Å². The molecule has 0 aromatic rings. The van der Waals surface area contributed by atoms with Crippen LogP contribution in [0.4, 0.5) is 0 Å². The average molecular weight is 163 g/mol. The number of alkyl halides is 1. The fraction of sp³-hybridized carbons (Fsp3) is 0.714. The highest BCUT2D eigenvalue weighted by atomic mass is 35.5. The molecule has 2 nitrogen and oxygen atoms in total. The standard InChI is InChI=1S/C7H11ClO2/c1-3-4-6(8)7(10)5(2)9/h6H,3-4H2,1-2H3. The van der Waals surface area contributed by atoms with Crippen LogP contribution < -0.4 is 0 Å². The first-order chi connectivity index (χ1) is 4.59. The summed E-state index contributed by atoms with van der Waals surface area (Å²) in [4.78, 5) is 21.2. The van der Waals surface area contributed by atoms with Gasteiger partial charge in [-0.2, -0.15) is 0 Å². The largest absolute Gasteiger partial charge is 0.291 e. The van der Waals surface area contributed by atoms with Gasteiger partial charge in [0.15, 0.2) is 5.78 Å². The second-order valence-electron chi connectivity index (χ2n) is 2.18. The molecule has 0 aliphatic heterocycles. The summed E-state index contributed by atoms with van der Waals surface area (Å²) >= 11 is 5.56. The van der Waals surface area contributed by atoms with Crippen molar-refractivity contribution in [3.63, 3.8) is 0 Å². The molecule has 0 saturated heterocycles. The van der Waals surface area contributed by atoms with Gasteiger partial charge in [-0.15, -0.1) is 11.6 Å². The molecule has 3 heteroatoms. The highest BCUT2D eigenvalue weighted by Crippen LogP contribution is 2.06. The molecule has 0 radical (unpaired) electrons. The Bertz CT molecular complexity index is 143. The van der Waals surface area contributed by atoms with Gasteiger partial charge in [0.1, 0.15) is 0 Å². The fourth-order valence-electron chi connectivity index (χ4n) is 0.605. The Labute approximate surface area is 65.6 Å². The number of ketones is 2. The summed E-state index contributed by atoms with van der Waals surface area (Å²) in [7, 11) is 0. The van der Waals surface area contributed by atoms with E-state index in [2.05, 4.69) is 0 Å². The van der Waals surface area contributed by atoms with Crippen molar-refractivity contribution in [1.82, 2.24) is 0 Å². The van der Waals surface area contributed by atoms with E-state index >= 15 is 0 Å². The van der Waals surface area contributed by atoms with E-state index in [1.165, 1.54) is 6.92 Å². The van der Waals surface area contributed by atoms with E-state index in [0.29, 0.717) is 6.42 Å². The van der Waals surface area contributed by atoms with Crippen LogP contribution in [0.2, 0.25) is 0 Å². The van der Waals surface area contributed by atoms with Gasteiger partial charge >= 0.3 is 0 Å². The van der Waals surface area contributed by atoms with Crippen LogP contribution >= 0.6 is 11.6 Å². The first-order valence-corrected chi connectivity index (χ1v) is 3.72. The summed E-state index contributed by atoms with van der Waals surface area (Å²) in [5.41, 5.74) is 0. The first-order valence-electron chi connectivity index (χ1n) is 3.28. The van der Waals surface area contributed by atoms with Crippen LogP contribution in [0.5, 0.6) is 0 Å². The Hall–Kier alpha value is -0.370. The van der Waals surface area contributed by atoms with Crippen LogP contribution in [0.25, 0.3) is 0 Å². The highest BCUT2D eigenvalue weighted by molar-refractivity contribution is 6.49. The third-order valence-corrected chi connectivity index (χ3v) is 1.59. The summed E-state index contributed by atoms with van der Waals surface area (Å²) in [5.74, 6) is -0.919. The quantitative estimate of drug-likeness (QED) is 0.464. The molecule has 58 valence electrons. The van der Waals surface area contributed by atoms with Crippen molar-refractivity contribution < 1.29 is 9.59 Å². The molecule has 0 amide bonds. The van der Waals surface area contributed by atoms with E-state index in [9.17, 15) is 9.59 Å². The minimum Gasteiger partial charge on any atom is -0.291 e. The lowest BCUT2D eigenvalue weighted by atomic mass is 10.1. The monoisotopic (exact) mass is 162 g/mol. The minimum absolute atomic E-state index is 0.451. The molecule has 0 aromatic heterocycles. The maximum atomic E-state index is 10.8. The van der Waals surface area contributed by atoms with Crippen molar-refractivity contribution in [2.24, 2.45) is 0 Å². The van der Waals surface area contributed by atoms with Gasteiger partial charge < -0.3 is 0 Å². The molecule has 1 atom stereocenters. The number of halogens is 1. The molecule has 0 saturated carbocycles. The summed E-state index contributed by atoms with van der Waals surface area (Å²) in [5, 5.41) is -0.609. The van der Waals surface area contributed by atoms with Crippen molar-refractivity contribution in [3.05, 3.63) is 0 Å². The molecule has 1 unspecified atom stereocenters. The smallest absolute Gasteiger partial charge is 0.215 e. The normalized spacial score (nSPS) is 12.7. The van der Waals surface area contributed by atoms with Crippen molar-refractivity contribution >= 4 is 23.2 Å². The zero-order valence-electron chi connectivity index (χ0n) is 6.19. The Morgan fingerprint density at radius 3 is 2.30 bits per heavy atom. The van der Waals surface area contributed by atoms with E-state index in [0.717, 1.165) is 6.42 Å². The number of Topliss-reactive ketones (excluding diaryl/α,β-unsaturated/α-hetero) is 2. The maximum absolute atomic E-state index is 10.8. The van der Waals surface area contributed by atoms with Gasteiger partial charge in [0.25, 0.3) is 0 Å². The molecular weight excluding hydrogens is 152 g/mol. The zero-order chi connectivity index (χ0) is 8.15. The zero-order valence-corrected chi connectivity index (χ0v) is 6.94. The van der Waals surface area contributed by atoms with Gasteiger partial charge in [0.05, 0.1) is 5.38 Å². The SMILES string of the molecule is CCCC(Cl)C(=O)C(C)=O. The Morgan fingerprint density at radius 1 is 1.50 bits per heavy atom. The number of carbonyl (C=O) groups excluding carboxylic acids is 2. The van der Waals surface area contributed by atoms with Crippen LogP contribution in [0, 0.1) is 0 Å². The molecular formula is C7H11ClO2. The fourth-order valence-corrected chi connectivity index (χ4v) is 0.977.